The molecule has 1 unspecified atom stereocenters. The summed E-state index contributed by atoms with van der Waals surface area (Å²) in [6.07, 6.45) is 2.17. The molecule has 2 rings (SSSR count). The van der Waals surface area contributed by atoms with Gasteiger partial charge in [-0.2, -0.15) is 0 Å². The lowest BCUT2D eigenvalue weighted by atomic mass is 9.97. The summed E-state index contributed by atoms with van der Waals surface area (Å²) in [6.45, 7) is 4.26. The van der Waals surface area contributed by atoms with Crippen LogP contribution in [0.1, 0.15) is 22.6 Å². The van der Waals surface area contributed by atoms with E-state index in [1.54, 1.807) is 11.3 Å². The van der Waals surface area contributed by atoms with Crippen LogP contribution in [0.15, 0.2) is 12.1 Å². The molecule has 0 bridgehead atoms. The lowest BCUT2D eigenvalue weighted by Crippen LogP contribution is -2.46. The van der Waals surface area contributed by atoms with Gasteiger partial charge in [0.05, 0.1) is 12.3 Å². The molecule has 1 fully saturated rings. The topological polar surface area (TPSA) is 75.4 Å². The van der Waals surface area contributed by atoms with Gasteiger partial charge in [-0.1, -0.05) is 0 Å². The fourth-order valence-corrected chi connectivity index (χ4v) is 3.48. The number of likely N-dealkylation sites (tertiary alicyclic amines) is 1. The van der Waals surface area contributed by atoms with Crippen molar-refractivity contribution in [2.24, 2.45) is 11.7 Å². The van der Waals surface area contributed by atoms with Crippen molar-refractivity contribution < 1.29 is 9.59 Å². The third-order valence-corrected chi connectivity index (χ3v) is 4.71. The Hall–Kier alpha value is -1.40. The predicted molar refractivity (Wildman–Crippen MR) is 84.1 cm³/mol. The van der Waals surface area contributed by atoms with E-state index in [1.807, 2.05) is 24.0 Å². The SMILES string of the molecule is Cc1ccc(CC(=O)N2CCCC(C(=O)NCCN)C2)s1. The molecule has 0 aliphatic carbocycles. The molecule has 0 aromatic carbocycles. The van der Waals surface area contributed by atoms with Gasteiger partial charge in [0.1, 0.15) is 0 Å². The van der Waals surface area contributed by atoms with Gasteiger partial charge in [-0.25, -0.2) is 0 Å². The van der Waals surface area contributed by atoms with Crippen molar-refractivity contribution in [2.45, 2.75) is 26.2 Å². The highest BCUT2D eigenvalue weighted by Crippen LogP contribution is 2.20. The van der Waals surface area contributed by atoms with Crippen LogP contribution in [0.3, 0.4) is 0 Å². The van der Waals surface area contributed by atoms with Gasteiger partial charge in [-0.15, -0.1) is 11.3 Å². The van der Waals surface area contributed by atoms with Crippen LogP contribution in [-0.2, 0) is 16.0 Å². The fourth-order valence-electron chi connectivity index (χ4n) is 2.60. The molecule has 1 aromatic heterocycles. The first-order valence-corrected chi connectivity index (χ1v) is 8.22. The summed E-state index contributed by atoms with van der Waals surface area (Å²) < 4.78 is 0. The van der Waals surface area contributed by atoms with Crippen molar-refractivity contribution in [3.63, 3.8) is 0 Å². The number of carbonyl (C=O) groups is 2. The van der Waals surface area contributed by atoms with Crippen molar-refractivity contribution in [3.05, 3.63) is 21.9 Å². The van der Waals surface area contributed by atoms with Gasteiger partial charge in [0.25, 0.3) is 0 Å². The van der Waals surface area contributed by atoms with E-state index >= 15 is 0 Å². The van der Waals surface area contributed by atoms with Crippen LogP contribution in [0.4, 0.5) is 0 Å². The molecule has 0 radical (unpaired) electrons. The van der Waals surface area contributed by atoms with Crippen LogP contribution in [0.25, 0.3) is 0 Å². The first-order valence-electron chi connectivity index (χ1n) is 7.41. The number of nitrogens with zero attached hydrogens (tertiary/aromatic N) is 1. The number of hydrogen-bond acceptors (Lipinski definition) is 4. The average molecular weight is 309 g/mol. The Labute approximate surface area is 129 Å². The van der Waals surface area contributed by atoms with E-state index in [9.17, 15) is 9.59 Å². The number of nitrogens with two attached hydrogens (primary N) is 1. The van der Waals surface area contributed by atoms with Gasteiger partial charge >= 0.3 is 0 Å². The number of amides is 2. The van der Waals surface area contributed by atoms with Gasteiger partial charge in [-0.3, -0.25) is 9.59 Å². The van der Waals surface area contributed by atoms with E-state index < -0.39 is 0 Å². The average Bonchev–Trinajstić information content (AvgIpc) is 2.90. The molecule has 1 aliphatic rings. The highest BCUT2D eigenvalue weighted by Gasteiger charge is 2.28. The summed E-state index contributed by atoms with van der Waals surface area (Å²) in [5, 5.41) is 2.81. The van der Waals surface area contributed by atoms with Gasteiger partial charge in [0, 0.05) is 35.9 Å². The molecular formula is C15H23N3O2S. The van der Waals surface area contributed by atoms with Gasteiger partial charge in [0.15, 0.2) is 0 Å². The summed E-state index contributed by atoms with van der Waals surface area (Å²) in [7, 11) is 0. The zero-order chi connectivity index (χ0) is 15.2. The third kappa shape index (κ3) is 4.54. The molecular weight excluding hydrogens is 286 g/mol. The number of rotatable bonds is 5. The molecule has 0 spiro atoms. The van der Waals surface area contributed by atoms with E-state index in [4.69, 9.17) is 5.73 Å². The zero-order valence-corrected chi connectivity index (χ0v) is 13.2. The lowest BCUT2D eigenvalue weighted by molar-refractivity contribution is -0.135. The van der Waals surface area contributed by atoms with Gasteiger partial charge in [-0.05, 0) is 31.9 Å². The van der Waals surface area contributed by atoms with E-state index in [-0.39, 0.29) is 17.7 Å². The molecule has 5 nitrogen and oxygen atoms in total. The maximum Gasteiger partial charge on any atom is 0.227 e. The Bertz CT molecular complexity index is 501. The maximum atomic E-state index is 12.3. The second-order valence-electron chi connectivity index (χ2n) is 5.45. The number of aryl methyl sites for hydroxylation is 1. The highest BCUT2D eigenvalue weighted by molar-refractivity contribution is 7.12. The molecule has 1 saturated heterocycles. The number of piperidine rings is 1. The predicted octanol–water partition coefficient (Wildman–Crippen LogP) is 0.913. The summed E-state index contributed by atoms with van der Waals surface area (Å²) in [5.74, 6) is 0.0393. The molecule has 21 heavy (non-hydrogen) atoms. The standard InChI is InChI=1S/C15H23N3O2S/c1-11-4-5-13(21-11)9-14(19)18-8-2-3-12(10-18)15(20)17-7-6-16/h4-5,12H,2-3,6-10,16H2,1H3,(H,17,20). The number of carbonyl (C=O) groups excluding carboxylic acids is 2. The van der Waals surface area contributed by atoms with Crippen LogP contribution in [0.2, 0.25) is 0 Å². The molecule has 0 saturated carbocycles. The number of thiophene rings is 1. The Morgan fingerprint density at radius 1 is 1.48 bits per heavy atom. The second kappa shape index (κ2) is 7.56. The molecule has 2 amide bonds. The normalized spacial score (nSPS) is 18.6. The monoisotopic (exact) mass is 309 g/mol. The Balaban J connectivity index is 1.88. The Kier molecular flexibility index (Phi) is 5.76. The van der Waals surface area contributed by atoms with E-state index in [1.165, 1.54) is 4.88 Å². The van der Waals surface area contributed by atoms with Crippen LogP contribution in [-0.4, -0.2) is 42.9 Å². The minimum atomic E-state index is -0.0979. The largest absolute Gasteiger partial charge is 0.355 e. The minimum absolute atomic E-state index is 0.0184. The smallest absolute Gasteiger partial charge is 0.227 e. The first-order chi connectivity index (χ1) is 10.1. The first kappa shape index (κ1) is 16.0. The molecule has 3 N–H and O–H groups in total. The Morgan fingerprint density at radius 2 is 2.29 bits per heavy atom. The van der Waals surface area contributed by atoms with Crippen LogP contribution < -0.4 is 11.1 Å². The maximum absolute atomic E-state index is 12.3. The minimum Gasteiger partial charge on any atom is -0.355 e. The summed E-state index contributed by atoms with van der Waals surface area (Å²) in [5.41, 5.74) is 5.39. The van der Waals surface area contributed by atoms with E-state index in [0.717, 1.165) is 24.3 Å². The van der Waals surface area contributed by atoms with E-state index in [2.05, 4.69) is 5.32 Å². The number of hydrogen-bond donors (Lipinski definition) is 2. The molecule has 2 heterocycles. The summed E-state index contributed by atoms with van der Waals surface area (Å²) in [6, 6.07) is 4.04. The second-order valence-corrected chi connectivity index (χ2v) is 6.82. The van der Waals surface area contributed by atoms with Crippen molar-refractivity contribution in [1.29, 1.82) is 0 Å². The van der Waals surface area contributed by atoms with Crippen LogP contribution in [0, 0.1) is 12.8 Å². The molecule has 1 atom stereocenters. The van der Waals surface area contributed by atoms with Crippen molar-refractivity contribution in [2.75, 3.05) is 26.2 Å². The molecule has 6 heteroatoms. The molecule has 1 aromatic rings. The number of nitrogens with one attached hydrogen (secondary N) is 1. The third-order valence-electron chi connectivity index (χ3n) is 3.71. The highest BCUT2D eigenvalue weighted by atomic mass is 32.1. The van der Waals surface area contributed by atoms with Gasteiger partial charge in [0.2, 0.25) is 11.8 Å². The summed E-state index contributed by atoms with van der Waals surface area (Å²) in [4.78, 5) is 28.5. The summed E-state index contributed by atoms with van der Waals surface area (Å²) >= 11 is 1.66. The van der Waals surface area contributed by atoms with Crippen molar-refractivity contribution in [3.8, 4) is 0 Å². The molecule has 1 aliphatic heterocycles. The van der Waals surface area contributed by atoms with Crippen molar-refractivity contribution in [1.82, 2.24) is 10.2 Å². The zero-order valence-electron chi connectivity index (χ0n) is 12.4. The Morgan fingerprint density at radius 3 is 2.95 bits per heavy atom. The van der Waals surface area contributed by atoms with Gasteiger partial charge < -0.3 is 16.0 Å². The van der Waals surface area contributed by atoms with Crippen LogP contribution in [0.5, 0.6) is 0 Å². The van der Waals surface area contributed by atoms with Crippen molar-refractivity contribution >= 4 is 23.2 Å². The molecule has 116 valence electrons. The lowest BCUT2D eigenvalue weighted by Gasteiger charge is -2.32. The van der Waals surface area contributed by atoms with E-state index in [0.29, 0.717) is 26.1 Å². The quantitative estimate of drug-likeness (QED) is 0.849. The van der Waals surface area contributed by atoms with Crippen LogP contribution >= 0.6 is 11.3 Å². The fraction of sp³-hybridized carbons (Fsp3) is 0.600.